The Bertz CT molecular complexity index is 1240. The zero-order chi connectivity index (χ0) is 30.9. The number of piperazine rings is 1. The number of nitrogens with one attached hydrogen (secondary N) is 2. The number of hydrogen-bond donors (Lipinski definition) is 2. The average molecular weight is 582 g/mol. The van der Waals surface area contributed by atoms with Crippen LogP contribution in [0.25, 0.3) is 11.3 Å². The van der Waals surface area contributed by atoms with Crippen LogP contribution in [0.4, 0.5) is 10.5 Å². The zero-order valence-electron chi connectivity index (χ0n) is 25.4. The van der Waals surface area contributed by atoms with Crippen LogP contribution in [-0.4, -0.2) is 89.1 Å². The molecule has 228 valence electrons. The number of nitrogens with zero attached hydrogens (tertiary/aromatic N) is 3. The Morgan fingerprint density at radius 2 is 1.62 bits per heavy atom. The first-order valence-electron chi connectivity index (χ1n) is 14.4. The van der Waals surface area contributed by atoms with Crippen molar-refractivity contribution in [3.8, 4) is 11.3 Å². The van der Waals surface area contributed by atoms with Gasteiger partial charge in [0.05, 0.1) is 12.3 Å². The zero-order valence-corrected chi connectivity index (χ0v) is 25.4. The first-order chi connectivity index (χ1) is 19.9. The van der Waals surface area contributed by atoms with E-state index in [1.165, 1.54) is 0 Å². The number of benzene rings is 1. The highest BCUT2D eigenvalue weighted by molar-refractivity contribution is 5.97. The fourth-order valence-corrected chi connectivity index (χ4v) is 4.51. The van der Waals surface area contributed by atoms with Crippen LogP contribution in [0.5, 0.6) is 0 Å². The lowest BCUT2D eigenvalue weighted by atomic mass is 10.1. The number of esters is 1. The van der Waals surface area contributed by atoms with Gasteiger partial charge in [-0.2, -0.15) is 0 Å². The molecule has 3 rings (SSSR count). The molecule has 0 bridgehead atoms. The van der Waals surface area contributed by atoms with Crippen LogP contribution >= 0.6 is 0 Å². The van der Waals surface area contributed by atoms with Crippen molar-refractivity contribution in [3.05, 3.63) is 48.2 Å². The Hall–Kier alpha value is -4.15. The van der Waals surface area contributed by atoms with Crippen LogP contribution in [0, 0.1) is 0 Å². The summed E-state index contributed by atoms with van der Waals surface area (Å²) in [5.74, 6) is -1.34. The number of pyridine rings is 1. The summed E-state index contributed by atoms with van der Waals surface area (Å²) in [6.07, 6.45) is -0.434. The topological polar surface area (TPSA) is 130 Å². The molecule has 1 aromatic heterocycles. The molecule has 2 N–H and O–H groups in total. The molecule has 1 aliphatic heterocycles. The van der Waals surface area contributed by atoms with Gasteiger partial charge >= 0.3 is 12.1 Å². The Labute approximate surface area is 247 Å². The van der Waals surface area contributed by atoms with Gasteiger partial charge in [0.1, 0.15) is 17.3 Å². The van der Waals surface area contributed by atoms with Crippen LogP contribution in [0.2, 0.25) is 0 Å². The van der Waals surface area contributed by atoms with Crippen molar-refractivity contribution < 1.29 is 28.7 Å². The summed E-state index contributed by atoms with van der Waals surface area (Å²) < 4.78 is 10.5. The van der Waals surface area contributed by atoms with Gasteiger partial charge in [-0.3, -0.25) is 14.4 Å². The first kappa shape index (κ1) is 32.4. The second-order valence-electron chi connectivity index (χ2n) is 11.5. The largest absolute Gasteiger partial charge is 0.460 e. The van der Waals surface area contributed by atoms with E-state index in [2.05, 4.69) is 15.6 Å². The van der Waals surface area contributed by atoms with Gasteiger partial charge in [-0.1, -0.05) is 30.3 Å². The Morgan fingerprint density at radius 3 is 2.21 bits per heavy atom. The molecular formula is C31H43N5O6. The minimum Gasteiger partial charge on any atom is -0.460 e. The normalized spacial score (nSPS) is 14.3. The summed E-state index contributed by atoms with van der Waals surface area (Å²) in [7, 11) is 0. The van der Waals surface area contributed by atoms with E-state index in [0.717, 1.165) is 11.3 Å². The summed E-state index contributed by atoms with van der Waals surface area (Å²) in [6.45, 7) is 12.5. The number of ether oxygens (including phenoxy) is 2. The van der Waals surface area contributed by atoms with Gasteiger partial charge in [0.25, 0.3) is 5.91 Å². The molecule has 11 heteroatoms. The summed E-state index contributed by atoms with van der Waals surface area (Å²) in [5.41, 5.74) is 1.64. The van der Waals surface area contributed by atoms with Crippen LogP contribution in [0.1, 0.15) is 64.9 Å². The third-order valence-corrected chi connectivity index (χ3v) is 6.36. The Morgan fingerprint density at radius 1 is 0.976 bits per heavy atom. The smallest absolute Gasteiger partial charge is 0.409 e. The molecule has 0 saturated carbocycles. The van der Waals surface area contributed by atoms with Gasteiger partial charge in [-0.25, -0.2) is 9.78 Å². The standard InChI is InChI=1S/C31H43N5O6/c1-7-41-30(40)36-17-15-35(16-18-36)29(39)24(13-14-27(37)42-31(4,5)6)34-28(38)26-20-23(32-21(2)3)19-25(33-26)22-11-9-8-10-12-22/h8-12,19-21,24H,7,13-18H2,1-6H3,(H,32,33)(H,34,38)/t24-/m0/s1. The molecule has 1 atom stereocenters. The minimum absolute atomic E-state index is 0.0487. The Balaban J connectivity index is 1.82. The van der Waals surface area contributed by atoms with Crippen LogP contribution < -0.4 is 10.6 Å². The maximum Gasteiger partial charge on any atom is 0.409 e. The number of aromatic nitrogens is 1. The second kappa shape index (κ2) is 14.7. The molecule has 0 aliphatic carbocycles. The lowest BCUT2D eigenvalue weighted by Gasteiger charge is -2.36. The van der Waals surface area contributed by atoms with E-state index in [0.29, 0.717) is 18.8 Å². The Kier molecular flexibility index (Phi) is 11.3. The lowest BCUT2D eigenvalue weighted by Crippen LogP contribution is -2.56. The van der Waals surface area contributed by atoms with Crippen molar-refractivity contribution >= 4 is 29.6 Å². The fraction of sp³-hybridized carbons (Fsp3) is 0.516. The molecule has 0 unspecified atom stereocenters. The maximum atomic E-state index is 13.7. The third kappa shape index (κ3) is 9.74. The number of rotatable bonds is 10. The highest BCUT2D eigenvalue weighted by Crippen LogP contribution is 2.23. The molecule has 0 radical (unpaired) electrons. The van der Waals surface area contributed by atoms with Gasteiger partial charge < -0.3 is 29.9 Å². The molecule has 11 nitrogen and oxygen atoms in total. The lowest BCUT2D eigenvalue weighted by molar-refractivity contribution is -0.155. The maximum absolute atomic E-state index is 13.7. The van der Waals surface area contributed by atoms with E-state index in [-0.39, 0.29) is 50.2 Å². The van der Waals surface area contributed by atoms with Crippen molar-refractivity contribution in [2.24, 2.45) is 0 Å². The van der Waals surface area contributed by atoms with Gasteiger partial charge in [0.2, 0.25) is 5.91 Å². The molecule has 2 heterocycles. The van der Waals surface area contributed by atoms with E-state index in [4.69, 9.17) is 9.47 Å². The van der Waals surface area contributed by atoms with Crippen molar-refractivity contribution in [3.63, 3.8) is 0 Å². The predicted octanol–water partition coefficient (Wildman–Crippen LogP) is 4.09. The van der Waals surface area contributed by atoms with Gasteiger partial charge in [-0.05, 0) is 60.1 Å². The molecular weight excluding hydrogens is 538 g/mol. The quantitative estimate of drug-likeness (QED) is 0.402. The highest BCUT2D eigenvalue weighted by atomic mass is 16.6. The van der Waals surface area contributed by atoms with Crippen LogP contribution in [0.3, 0.4) is 0 Å². The second-order valence-corrected chi connectivity index (χ2v) is 11.5. The molecule has 0 spiro atoms. The van der Waals surface area contributed by atoms with E-state index in [1.807, 2.05) is 50.2 Å². The van der Waals surface area contributed by atoms with Gasteiger partial charge in [0, 0.05) is 49.9 Å². The fourth-order valence-electron chi connectivity index (χ4n) is 4.51. The monoisotopic (exact) mass is 581 g/mol. The van der Waals surface area contributed by atoms with E-state index < -0.39 is 29.6 Å². The highest BCUT2D eigenvalue weighted by Gasteiger charge is 2.32. The SMILES string of the molecule is CCOC(=O)N1CCN(C(=O)[C@H](CCC(=O)OC(C)(C)C)NC(=O)c2cc(NC(C)C)cc(-c3ccccc3)n2)CC1. The third-order valence-electron chi connectivity index (χ3n) is 6.36. The van der Waals surface area contributed by atoms with Gasteiger partial charge in [-0.15, -0.1) is 0 Å². The van der Waals surface area contributed by atoms with Crippen LogP contribution in [-0.2, 0) is 19.1 Å². The van der Waals surface area contributed by atoms with Gasteiger partial charge in [0.15, 0.2) is 0 Å². The molecule has 1 fully saturated rings. The number of hydrogen-bond acceptors (Lipinski definition) is 8. The summed E-state index contributed by atoms with van der Waals surface area (Å²) in [5, 5.41) is 6.15. The summed E-state index contributed by atoms with van der Waals surface area (Å²) in [4.78, 5) is 59.6. The summed E-state index contributed by atoms with van der Waals surface area (Å²) in [6, 6.07) is 12.2. The van der Waals surface area contributed by atoms with Crippen molar-refractivity contribution in [2.45, 2.75) is 72.1 Å². The molecule has 2 aromatic rings. The van der Waals surface area contributed by atoms with Crippen molar-refractivity contribution in [2.75, 3.05) is 38.1 Å². The van der Waals surface area contributed by atoms with E-state index in [1.54, 1.807) is 43.6 Å². The van der Waals surface area contributed by atoms with Crippen molar-refractivity contribution in [1.82, 2.24) is 20.1 Å². The van der Waals surface area contributed by atoms with E-state index in [9.17, 15) is 19.2 Å². The molecule has 1 saturated heterocycles. The first-order valence-corrected chi connectivity index (χ1v) is 14.4. The average Bonchev–Trinajstić information content (AvgIpc) is 2.94. The number of carbonyl (C=O) groups excluding carboxylic acids is 4. The molecule has 3 amide bonds. The molecule has 1 aromatic carbocycles. The molecule has 1 aliphatic rings. The number of amides is 3. The molecule has 42 heavy (non-hydrogen) atoms. The van der Waals surface area contributed by atoms with Crippen LogP contribution in [0.15, 0.2) is 42.5 Å². The number of anilines is 1. The summed E-state index contributed by atoms with van der Waals surface area (Å²) >= 11 is 0. The number of carbonyl (C=O) groups is 4. The predicted molar refractivity (Wildman–Crippen MR) is 160 cm³/mol. The van der Waals surface area contributed by atoms with Crippen molar-refractivity contribution in [1.29, 1.82) is 0 Å². The van der Waals surface area contributed by atoms with E-state index >= 15 is 0 Å². The minimum atomic E-state index is -0.997.